The number of halogens is 3. The third-order valence-electron chi connectivity index (χ3n) is 4.89. The number of hydrogen-bond donors (Lipinski definition) is 2. The lowest BCUT2D eigenvalue weighted by atomic mass is 9.93. The van der Waals surface area contributed by atoms with Gasteiger partial charge in [0.25, 0.3) is 5.91 Å². The van der Waals surface area contributed by atoms with Crippen molar-refractivity contribution in [2.24, 2.45) is 0 Å². The van der Waals surface area contributed by atoms with E-state index in [4.69, 9.17) is 4.52 Å². The lowest BCUT2D eigenvalue weighted by Crippen LogP contribution is -2.27. The van der Waals surface area contributed by atoms with Crippen molar-refractivity contribution in [1.82, 2.24) is 20.4 Å². The molecule has 3 aromatic rings. The van der Waals surface area contributed by atoms with Crippen LogP contribution in [0.4, 0.5) is 13.2 Å². The van der Waals surface area contributed by atoms with Gasteiger partial charge in [-0.05, 0) is 43.5 Å². The Balaban J connectivity index is 1.76. The second-order valence-corrected chi connectivity index (χ2v) is 7.00. The number of carbonyl (C=O) groups is 1. The molecule has 0 fully saturated rings. The molecule has 0 aromatic carbocycles. The highest BCUT2D eigenvalue weighted by atomic mass is 19.4. The van der Waals surface area contributed by atoms with Gasteiger partial charge in [0.15, 0.2) is 0 Å². The average molecular weight is 406 g/mol. The molecule has 2 unspecified atom stereocenters. The summed E-state index contributed by atoms with van der Waals surface area (Å²) in [5.41, 5.74) is 2.22. The van der Waals surface area contributed by atoms with Gasteiger partial charge in [-0.15, -0.1) is 0 Å². The molecular weight excluding hydrogens is 385 g/mol. The summed E-state index contributed by atoms with van der Waals surface area (Å²) in [5.74, 6) is 0.108. The number of aryl methyl sites for hydroxylation is 1. The molecule has 0 saturated heterocycles. The van der Waals surface area contributed by atoms with Crippen LogP contribution in [0.5, 0.6) is 0 Å². The molecule has 0 aliphatic rings. The largest absolute Gasteiger partial charge is 0.433 e. The zero-order valence-electron chi connectivity index (χ0n) is 16.4. The van der Waals surface area contributed by atoms with Crippen molar-refractivity contribution in [2.75, 3.05) is 0 Å². The molecule has 3 rings (SSSR count). The Hall–Kier alpha value is -3.10. The molecule has 9 heteroatoms. The van der Waals surface area contributed by atoms with Crippen molar-refractivity contribution in [3.05, 3.63) is 70.1 Å². The van der Waals surface area contributed by atoms with Gasteiger partial charge in [0.1, 0.15) is 22.8 Å². The van der Waals surface area contributed by atoms with Crippen LogP contribution in [0.1, 0.15) is 70.1 Å². The molecule has 2 atom stereocenters. The topological polar surface area (TPSA) is 83.8 Å². The summed E-state index contributed by atoms with van der Waals surface area (Å²) in [6.45, 7) is 7.21. The van der Waals surface area contributed by atoms with Gasteiger partial charge >= 0.3 is 6.18 Å². The minimum absolute atomic E-state index is 0.238. The molecule has 154 valence electrons. The average Bonchev–Trinajstić information content (AvgIpc) is 3.26. The van der Waals surface area contributed by atoms with Crippen molar-refractivity contribution < 1.29 is 22.5 Å². The molecule has 0 saturated carbocycles. The van der Waals surface area contributed by atoms with Gasteiger partial charge in [0, 0.05) is 24.4 Å². The first-order chi connectivity index (χ1) is 13.6. The maximum atomic E-state index is 12.7. The molecule has 3 aromatic heterocycles. The van der Waals surface area contributed by atoms with Gasteiger partial charge in [-0.1, -0.05) is 18.1 Å². The van der Waals surface area contributed by atoms with E-state index in [0.29, 0.717) is 22.7 Å². The maximum absolute atomic E-state index is 12.7. The number of alkyl halides is 3. The minimum atomic E-state index is -4.48. The number of aromatic nitrogens is 3. The summed E-state index contributed by atoms with van der Waals surface area (Å²) in [5, 5.41) is 6.75. The van der Waals surface area contributed by atoms with Crippen molar-refractivity contribution >= 4 is 5.91 Å². The fourth-order valence-electron chi connectivity index (χ4n) is 3.14. The molecule has 0 bridgehead atoms. The lowest BCUT2D eigenvalue weighted by Gasteiger charge is -2.14. The second kappa shape index (κ2) is 7.73. The number of nitrogens with one attached hydrogen (secondary N) is 2. The van der Waals surface area contributed by atoms with Crippen LogP contribution in [0.15, 0.2) is 35.1 Å². The number of nitrogens with zero attached hydrogens (tertiary/aromatic N) is 2. The Morgan fingerprint density at radius 3 is 2.52 bits per heavy atom. The Morgan fingerprint density at radius 2 is 1.97 bits per heavy atom. The van der Waals surface area contributed by atoms with Gasteiger partial charge in [0.2, 0.25) is 0 Å². The van der Waals surface area contributed by atoms with Crippen LogP contribution in [0, 0.1) is 13.8 Å². The SMILES string of the molecule is Cc1cc(C(C)NC(=O)c2[nH]cc(C(C)c3ccc(C(F)(F)F)nc3)c2C)no1. The minimum Gasteiger partial charge on any atom is -0.361 e. The molecule has 6 nitrogen and oxygen atoms in total. The van der Waals surface area contributed by atoms with Crippen LogP contribution in [-0.2, 0) is 6.18 Å². The van der Waals surface area contributed by atoms with Crippen LogP contribution in [0.3, 0.4) is 0 Å². The van der Waals surface area contributed by atoms with Crippen molar-refractivity contribution in [3.63, 3.8) is 0 Å². The van der Waals surface area contributed by atoms with Crippen LogP contribution in [0.25, 0.3) is 0 Å². The van der Waals surface area contributed by atoms with Crippen molar-refractivity contribution in [3.8, 4) is 0 Å². The number of pyridine rings is 1. The number of amides is 1. The van der Waals surface area contributed by atoms with Gasteiger partial charge < -0.3 is 14.8 Å². The normalized spacial score (nSPS) is 13.9. The summed E-state index contributed by atoms with van der Waals surface area (Å²) >= 11 is 0. The first kappa shape index (κ1) is 20.6. The van der Waals surface area contributed by atoms with Crippen LogP contribution in [0.2, 0.25) is 0 Å². The Morgan fingerprint density at radius 1 is 1.24 bits per heavy atom. The highest BCUT2D eigenvalue weighted by molar-refractivity contribution is 5.94. The second-order valence-electron chi connectivity index (χ2n) is 7.00. The Labute approximate surface area is 165 Å². The smallest absolute Gasteiger partial charge is 0.361 e. The molecule has 0 aliphatic heterocycles. The molecule has 29 heavy (non-hydrogen) atoms. The van der Waals surface area contributed by atoms with Gasteiger partial charge in [-0.2, -0.15) is 13.2 Å². The van der Waals surface area contributed by atoms with Crippen molar-refractivity contribution in [2.45, 2.75) is 45.8 Å². The highest BCUT2D eigenvalue weighted by Gasteiger charge is 2.32. The van der Waals surface area contributed by atoms with E-state index in [0.717, 1.165) is 17.2 Å². The Kier molecular flexibility index (Phi) is 5.50. The number of rotatable bonds is 5. The van der Waals surface area contributed by atoms with E-state index < -0.39 is 11.9 Å². The molecule has 0 aliphatic carbocycles. The zero-order valence-corrected chi connectivity index (χ0v) is 16.4. The number of aromatic amines is 1. The van der Waals surface area contributed by atoms with E-state index >= 15 is 0 Å². The fraction of sp³-hybridized carbons (Fsp3) is 0.350. The first-order valence-electron chi connectivity index (χ1n) is 9.03. The highest BCUT2D eigenvalue weighted by Crippen LogP contribution is 2.31. The van der Waals surface area contributed by atoms with Crippen LogP contribution >= 0.6 is 0 Å². The number of carbonyl (C=O) groups excluding carboxylic acids is 1. The van der Waals surface area contributed by atoms with Crippen LogP contribution in [-0.4, -0.2) is 21.0 Å². The van der Waals surface area contributed by atoms with E-state index in [9.17, 15) is 18.0 Å². The number of hydrogen-bond acceptors (Lipinski definition) is 4. The quantitative estimate of drug-likeness (QED) is 0.645. The molecular formula is C20H21F3N4O2. The van der Waals surface area contributed by atoms with E-state index in [-0.39, 0.29) is 17.9 Å². The van der Waals surface area contributed by atoms with E-state index in [1.165, 1.54) is 12.3 Å². The first-order valence-corrected chi connectivity index (χ1v) is 9.03. The summed E-state index contributed by atoms with van der Waals surface area (Å²) in [4.78, 5) is 19.1. The van der Waals surface area contributed by atoms with Gasteiger partial charge in [0.05, 0.1) is 6.04 Å². The monoisotopic (exact) mass is 406 g/mol. The standard InChI is InChI=1S/C20H21F3N4O2/c1-10-7-16(27-29-10)13(4)26-19(28)18-12(3)15(9-25-18)11(2)14-5-6-17(24-8-14)20(21,22)23/h5-9,11,13,25H,1-4H3,(H,26,28). The maximum Gasteiger partial charge on any atom is 0.433 e. The molecule has 2 N–H and O–H groups in total. The summed E-state index contributed by atoms with van der Waals surface area (Å²) in [6.07, 6.45) is -1.57. The number of H-pyrrole nitrogens is 1. The summed E-state index contributed by atoms with van der Waals surface area (Å²) in [7, 11) is 0. The lowest BCUT2D eigenvalue weighted by molar-refractivity contribution is -0.141. The van der Waals surface area contributed by atoms with E-state index in [1.807, 2.05) is 6.92 Å². The van der Waals surface area contributed by atoms with Gasteiger partial charge in [-0.25, -0.2) is 0 Å². The summed E-state index contributed by atoms with van der Waals surface area (Å²) in [6, 6.07) is 3.77. The third-order valence-corrected chi connectivity index (χ3v) is 4.89. The summed E-state index contributed by atoms with van der Waals surface area (Å²) < 4.78 is 43.1. The van der Waals surface area contributed by atoms with E-state index in [2.05, 4.69) is 20.4 Å². The fourth-order valence-corrected chi connectivity index (χ4v) is 3.14. The van der Waals surface area contributed by atoms with E-state index in [1.54, 1.807) is 33.0 Å². The molecule has 1 amide bonds. The van der Waals surface area contributed by atoms with Crippen molar-refractivity contribution in [1.29, 1.82) is 0 Å². The van der Waals surface area contributed by atoms with Crippen LogP contribution < -0.4 is 5.32 Å². The Bertz CT molecular complexity index is 1010. The molecule has 0 spiro atoms. The molecule has 0 radical (unpaired) electrons. The third kappa shape index (κ3) is 4.33. The molecule has 3 heterocycles. The zero-order chi connectivity index (χ0) is 21.3. The predicted molar refractivity (Wildman–Crippen MR) is 99.4 cm³/mol. The van der Waals surface area contributed by atoms with Gasteiger partial charge in [-0.3, -0.25) is 9.78 Å². The predicted octanol–water partition coefficient (Wildman–Crippen LogP) is 4.68.